The van der Waals surface area contributed by atoms with Crippen molar-refractivity contribution in [1.82, 2.24) is 4.90 Å². The second-order valence-electron chi connectivity index (χ2n) is 6.30. The largest absolute Gasteiger partial charge is 0.459 e. The van der Waals surface area contributed by atoms with Crippen LogP contribution in [0.4, 0.5) is 0 Å². The van der Waals surface area contributed by atoms with Gasteiger partial charge in [-0.15, -0.1) is 11.8 Å². The number of nitrogens with zero attached hydrogens (tertiary/aromatic N) is 1. The van der Waals surface area contributed by atoms with Gasteiger partial charge in [-0.2, -0.15) is 0 Å². The van der Waals surface area contributed by atoms with Gasteiger partial charge in [0, 0.05) is 4.75 Å². The minimum absolute atomic E-state index is 0.184. The lowest BCUT2D eigenvalue weighted by atomic mass is 9.92. The Hall–Kier alpha value is -1.05. The number of alkyl halides is 1. The Bertz CT molecular complexity index is 638. The summed E-state index contributed by atoms with van der Waals surface area (Å²) in [5, 5.41) is 9.23. The third kappa shape index (κ3) is 2.58. The lowest BCUT2D eigenvalue weighted by Gasteiger charge is -2.49. The third-order valence-corrected chi connectivity index (χ3v) is 7.27. The van der Waals surface area contributed by atoms with Gasteiger partial charge in [0.1, 0.15) is 18.0 Å². The molecule has 0 spiro atoms. The molecule has 2 saturated heterocycles. The number of hydrogen-bond acceptors (Lipinski definition) is 5. The Morgan fingerprint density at radius 1 is 1.39 bits per heavy atom. The Kier molecular flexibility index (Phi) is 4.23. The zero-order valence-corrected chi connectivity index (χ0v) is 15.3. The van der Waals surface area contributed by atoms with Gasteiger partial charge >= 0.3 is 5.97 Å². The van der Waals surface area contributed by atoms with E-state index in [2.05, 4.69) is 15.9 Å². The number of benzene rings is 1. The molecule has 1 unspecified atom stereocenters. The normalized spacial score (nSPS) is 31.5. The number of amides is 1. The molecule has 0 aliphatic carbocycles. The van der Waals surface area contributed by atoms with Gasteiger partial charge in [0.25, 0.3) is 0 Å². The van der Waals surface area contributed by atoms with Crippen molar-refractivity contribution in [3.05, 3.63) is 35.9 Å². The van der Waals surface area contributed by atoms with E-state index in [1.54, 1.807) is 0 Å². The van der Waals surface area contributed by atoms with Gasteiger partial charge in [-0.05, 0) is 19.4 Å². The van der Waals surface area contributed by atoms with Gasteiger partial charge in [-0.25, -0.2) is 4.79 Å². The standard InChI is InChI=1S/C16H18BrNO4S/c1-15(2)11(12(20)22-8-10-6-4-3-5-7-10)18-13(21)16(17,9-19)14(18)23-15/h3-7,11,14,19H,8-9H2,1-2H3/t11-,14?,16+/m0/s1. The van der Waals surface area contributed by atoms with E-state index in [1.807, 2.05) is 44.2 Å². The molecule has 5 nitrogen and oxygen atoms in total. The van der Waals surface area contributed by atoms with E-state index in [1.165, 1.54) is 16.7 Å². The van der Waals surface area contributed by atoms with Crippen LogP contribution in [-0.2, 0) is 20.9 Å². The average molecular weight is 400 g/mol. The average Bonchev–Trinajstić information content (AvgIpc) is 2.82. The lowest BCUT2D eigenvalue weighted by molar-refractivity contribution is -0.166. The number of aliphatic hydroxyl groups excluding tert-OH is 1. The summed E-state index contributed by atoms with van der Waals surface area (Å²) < 4.78 is 3.97. The van der Waals surface area contributed by atoms with E-state index in [9.17, 15) is 14.7 Å². The minimum atomic E-state index is -0.983. The fourth-order valence-corrected chi connectivity index (χ4v) is 5.33. The highest BCUT2D eigenvalue weighted by molar-refractivity contribution is 9.10. The van der Waals surface area contributed by atoms with Crippen LogP contribution in [0.5, 0.6) is 0 Å². The molecule has 0 aromatic heterocycles. The predicted molar refractivity (Wildman–Crippen MR) is 91.1 cm³/mol. The zero-order valence-electron chi connectivity index (χ0n) is 12.9. The molecule has 2 fully saturated rings. The fraction of sp³-hybridized carbons (Fsp3) is 0.500. The lowest BCUT2D eigenvalue weighted by Crippen LogP contribution is -2.72. The van der Waals surface area contributed by atoms with Gasteiger partial charge < -0.3 is 14.7 Å². The van der Waals surface area contributed by atoms with Crippen LogP contribution >= 0.6 is 27.7 Å². The molecular formula is C16H18BrNO4S. The van der Waals surface area contributed by atoms with Crippen LogP contribution in [0.1, 0.15) is 19.4 Å². The Balaban J connectivity index is 1.74. The molecule has 2 aliphatic rings. The maximum atomic E-state index is 12.6. The molecule has 0 radical (unpaired) electrons. The Labute approximate surface area is 147 Å². The van der Waals surface area contributed by atoms with Crippen molar-refractivity contribution in [2.45, 2.75) is 40.9 Å². The first-order valence-corrected chi connectivity index (χ1v) is 8.99. The maximum absolute atomic E-state index is 12.6. The van der Waals surface area contributed by atoms with Gasteiger partial charge in [-0.3, -0.25) is 4.79 Å². The highest BCUT2D eigenvalue weighted by Crippen LogP contribution is 2.57. The SMILES string of the molecule is CC1(C)SC2N(C(=O)[C@]2(Br)CO)[C@H]1C(=O)OCc1ccccc1. The maximum Gasteiger partial charge on any atom is 0.330 e. The summed E-state index contributed by atoms with van der Waals surface area (Å²) in [6, 6.07) is 8.78. The van der Waals surface area contributed by atoms with Crippen LogP contribution in [0.25, 0.3) is 0 Å². The number of halogens is 1. The fourth-order valence-electron chi connectivity index (χ4n) is 3.02. The monoisotopic (exact) mass is 399 g/mol. The molecule has 7 heteroatoms. The second-order valence-corrected chi connectivity index (χ2v) is 9.45. The van der Waals surface area contributed by atoms with E-state index >= 15 is 0 Å². The molecule has 3 atom stereocenters. The van der Waals surface area contributed by atoms with Gasteiger partial charge in [0.2, 0.25) is 5.91 Å². The molecule has 0 saturated carbocycles. The Morgan fingerprint density at radius 2 is 2.04 bits per heavy atom. The second kappa shape index (κ2) is 5.79. The molecule has 1 aromatic rings. The van der Waals surface area contributed by atoms with Crippen LogP contribution in [0.15, 0.2) is 30.3 Å². The molecule has 3 rings (SSSR count). The van der Waals surface area contributed by atoms with Crippen LogP contribution in [0.3, 0.4) is 0 Å². The number of hydrogen-bond donors (Lipinski definition) is 1. The van der Waals surface area contributed by atoms with E-state index in [4.69, 9.17) is 4.74 Å². The van der Waals surface area contributed by atoms with Crippen LogP contribution in [0.2, 0.25) is 0 Å². The summed E-state index contributed by atoms with van der Waals surface area (Å²) in [6.07, 6.45) is 0. The summed E-state index contributed by atoms with van der Waals surface area (Å²) >= 11 is 4.84. The number of rotatable bonds is 4. The van der Waals surface area contributed by atoms with Crippen LogP contribution in [0, 0.1) is 0 Å². The third-order valence-electron chi connectivity index (χ3n) is 4.26. The van der Waals surface area contributed by atoms with E-state index in [0.717, 1.165) is 5.56 Å². The van der Waals surface area contributed by atoms with Crippen LogP contribution in [-0.4, -0.2) is 49.0 Å². The van der Waals surface area contributed by atoms with E-state index in [0.29, 0.717) is 0 Å². The van der Waals surface area contributed by atoms with Crippen molar-refractivity contribution in [3.8, 4) is 0 Å². The smallest absolute Gasteiger partial charge is 0.330 e. The van der Waals surface area contributed by atoms with E-state index < -0.39 is 21.1 Å². The number of β-lactam (4-membered cyclic amide) rings is 1. The number of fused-ring (bicyclic) bond motifs is 1. The predicted octanol–water partition coefficient (Wildman–Crippen LogP) is 1.92. The van der Waals surface area contributed by atoms with Crippen molar-refractivity contribution >= 4 is 39.6 Å². The first-order chi connectivity index (χ1) is 10.8. The number of thioether (sulfide) groups is 1. The first-order valence-electron chi connectivity index (χ1n) is 7.32. The van der Waals surface area contributed by atoms with E-state index in [-0.39, 0.29) is 24.5 Å². The molecule has 1 N–H and O–H groups in total. The molecule has 1 aromatic carbocycles. The number of carbonyl (C=O) groups excluding carboxylic acids is 2. The van der Waals surface area contributed by atoms with Crippen LogP contribution < -0.4 is 0 Å². The summed E-state index contributed by atoms with van der Waals surface area (Å²) in [7, 11) is 0. The highest BCUT2D eigenvalue weighted by Gasteiger charge is 2.70. The molecule has 2 aliphatic heterocycles. The number of ether oxygens (including phenoxy) is 1. The molecule has 0 bridgehead atoms. The summed E-state index contributed by atoms with van der Waals surface area (Å²) in [5.74, 6) is -0.667. The molecular weight excluding hydrogens is 382 g/mol. The topological polar surface area (TPSA) is 66.8 Å². The van der Waals surface area contributed by atoms with Crippen molar-refractivity contribution in [1.29, 1.82) is 0 Å². The quantitative estimate of drug-likeness (QED) is 0.475. The molecule has 2 heterocycles. The summed E-state index contributed by atoms with van der Waals surface area (Å²) in [4.78, 5) is 26.5. The number of esters is 1. The Morgan fingerprint density at radius 3 is 2.65 bits per heavy atom. The zero-order chi connectivity index (χ0) is 16.8. The minimum Gasteiger partial charge on any atom is -0.459 e. The molecule has 23 heavy (non-hydrogen) atoms. The van der Waals surface area contributed by atoms with Crippen molar-refractivity contribution in [2.75, 3.05) is 6.61 Å². The summed E-state index contributed by atoms with van der Waals surface area (Å²) in [6.45, 7) is 3.73. The summed E-state index contributed by atoms with van der Waals surface area (Å²) in [5.41, 5.74) is 0.904. The van der Waals surface area contributed by atoms with Gasteiger partial charge in [0.15, 0.2) is 4.32 Å². The number of carbonyl (C=O) groups is 2. The molecule has 1 amide bonds. The van der Waals surface area contributed by atoms with Crippen molar-refractivity contribution < 1.29 is 19.4 Å². The highest BCUT2D eigenvalue weighted by atomic mass is 79.9. The van der Waals surface area contributed by atoms with Gasteiger partial charge in [0.05, 0.1) is 6.61 Å². The first kappa shape index (κ1) is 16.8. The van der Waals surface area contributed by atoms with Crippen molar-refractivity contribution in [3.63, 3.8) is 0 Å². The molecule has 124 valence electrons. The van der Waals surface area contributed by atoms with Gasteiger partial charge in [-0.1, -0.05) is 46.3 Å². The number of aliphatic hydroxyl groups is 1. The van der Waals surface area contributed by atoms with Crippen molar-refractivity contribution in [2.24, 2.45) is 0 Å².